The third-order valence-corrected chi connectivity index (χ3v) is 3.18. The van der Waals surface area contributed by atoms with Gasteiger partial charge in [0.05, 0.1) is 18.8 Å². The first-order valence-electron chi connectivity index (χ1n) is 5.43. The lowest BCUT2D eigenvalue weighted by molar-refractivity contribution is -0.198. The van der Waals surface area contributed by atoms with Gasteiger partial charge in [-0.1, -0.05) is 6.08 Å². The van der Waals surface area contributed by atoms with Gasteiger partial charge in [-0.25, -0.2) is 0 Å². The Morgan fingerprint density at radius 1 is 1.53 bits per heavy atom. The average Bonchev–Trinajstić information content (AvgIpc) is 2.72. The number of esters is 1. The Bertz CT molecular complexity index is 361. The topological polar surface area (TPSA) is 35.5 Å². The van der Waals surface area contributed by atoms with Crippen LogP contribution in [0.4, 0.5) is 13.2 Å². The van der Waals surface area contributed by atoms with Gasteiger partial charge in [-0.2, -0.15) is 13.2 Å². The molecule has 0 N–H and O–H groups in total. The highest BCUT2D eigenvalue weighted by Gasteiger charge is 2.62. The Morgan fingerprint density at radius 3 is 2.71 bits per heavy atom. The van der Waals surface area contributed by atoms with E-state index in [-0.39, 0.29) is 6.61 Å². The summed E-state index contributed by atoms with van der Waals surface area (Å²) in [6.45, 7) is 3.22. The number of hydrogen-bond acceptors (Lipinski definition) is 3. The Kier molecular flexibility index (Phi) is 2.93. The van der Waals surface area contributed by atoms with E-state index in [4.69, 9.17) is 9.47 Å². The molecule has 4 atom stereocenters. The Balaban J connectivity index is 2.28. The number of hydrogen-bond donors (Lipinski definition) is 0. The first kappa shape index (κ1) is 12.4. The molecule has 1 saturated heterocycles. The van der Waals surface area contributed by atoms with Crippen molar-refractivity contribution in [1.29, 1.82) is 0 Å². The average molecular weight is 250 g/mol. The van der Waals surface area contributed by atoms with Crippen molar-refractivity contribution in [3.05, 3.63) is 11.6 Å². The summed E-state index contributed by atoms with van der Waals surface area (Å²) in [5.74, 6) is -3.87. The summed E-state index contributed by atoms with van der Waals surface area (Å²) in [5, 5.41) is 0. The van der Waals surface area contributed by atoms with Gasteiger partial charge < -0.3 is 9.47 Å². The molecular formula is C11H13F3O3. The predicted molar refractivity (Wildman–Crippen MR) is 52.1 cm³/mol. The van der Waals surface area contributed by atoms with E-state index in [1.54, 1.807) is 19.9 Å². The second-order valence-corrected chi connectivity index (χ2v) is 4.28. The van der Waals surface area contributed by atoms with Crippen molar-refractivity contribution < 1.29 is 27.4 Å². The minimum Gasteiger partial charge on any atom is -0.466 e. The summed E-state index contributed by atoms with van der Waals surface area (Å²) in [6.07, 6.45) is -4.71. The van der Waals surface area contributed by atoms with E-state index in [0.717, 1.165) is 0 Å². The number of alkyl halides is 3. The quantitative estimate of drug-likeness (QED) is 0.556. The highest BCUT2D eigenvalue weighted by atomic mass is 19.4. The standard InChI is InChI=1S/C11H13F3O3/c1-3-16-10(15)7-6-4-5(2)9(17-6)8(7)11(12,13)14/h4,6-9H,3H2,1-2H3/t6-,7+,8-,9+/m1/s1. The van der Waals surface area contributed by atoms with Crippen molar-refractivity contribution in [1.82, 2.24) is 0 Å². The first-order chi connectivity index (χ1) is 7.86. The summed E-state index contributed by atoms with van der Waals surface area (Å²) in [4.78, 5) is 11.6. The maximum Gasteiger partial charge on any atom is 0.395 e. The molecule has 17 heavy (non-hydrogen) atoms. The Hall–Kier alpha value is -1.04. The molecule has 1 fully saturated rings. The molecule has 96 valence electrons. The molecule has 2 heterocycles. The smallest absolute Gasteiger partial charge is 0.395 e. The van der Waals surface area contributed by atoms with Gasteiger partial charge in [0.25, 0.3) is 0 Å². The van der Waals surface area contributed by atoms with Gasteiger partial charge in [-0.05, 0) is 19.4 Å². The zero-order valence-electron chi connectivity index (χ0n) is 9.45. The highest BCUT2D eigenvalue weighted by molar-refractivity contribution is 5.75. The number of rotatable bonds is 2. The van der Waals surface area contributed by atoms with Gasteiger partial charge in [-0.3, -0.25) is 4.79 Å². The van der Waals surface area contributed by atoms with Gasteiger partial charge in [0, 0.05) is 0 Å². The van der Waals surface area contributed by atoms with Crippen molar-refractivity contribution in [2.75, 3.05) is 6.61 Å². The molecule has 0 aromatic rings. The maximum atomic E-state index is 12.9. The van der Waals surface area contributed by atoms with Crippen molar-refractivity contribution in [3.63, 3.8) is 0 Å². The molecule has 3 nitrogen and oxygen atoms in total. The molecular weight excluding hydrogens is 237 g/mol. The number of carbonyl (C=O) groups excluding carboxylic acids is 1. The van der Waals surface area contributed by atoms with Crippen LogP contribution in [0, 0.1) is 11.8 Å². The molecule has 2 aliphatic heterocycles. The molecule has 0 spiro atoms. The lowest BCUT2D eigenvalue weighted by atomic mass is 9.79. The van der Waals surface area contributed by atoms with Gasteiger partial charge in [0.15, 0.2) is 0 Å². The van der Waals surface area contributed by atoms with Crippen LogP contribution in [0.15, 0.2) is 11.6 Å². The summed E-state index contributed by atoms with van der Waals surface area (Å²) in [7, 11) is 0. The van der Waals surface area contributed by atoms with E-state index in [0.29, 0.717) is 5.57 Å². The molecule has 2 aliphatic rings. The van der Waals surface area contributed by atoms with Crippen LogP contribution in [0.25, 0.3) is 0 Å². The summed E-state index contributed by atoms with van der Waals surface area (Å²) >= 11 is 0. The van der Waals surface area contributed by atoms with Crippen molar-refractivity contribution in [2.24, 2.45) is 11.8 Å². The second kappa shape index (κ2) is 4.01. The maximum absolute atomic E-state index is 12.9. The predicted octanol–water partition coefficient (Wildman–Crippen LogP) is 2.07. The van der Waals surface area contributed by atoms with Crippen LogP contribution in [-0.2, 0) is 14.3 Å². The summed E-state index contributed by atoms with van der Waals surface area (Å²) in [6, 6.07) is 0. The molecule has 0 aliphatic carbocycles. The zero-order chi connectivity index (χ0) is 12.8. The molecule has 0 saturated carbocycles. The van der Waals surface area contributed by atoms with Crippen molar-refractivity contribution in [3.8, 4) is 0 Å². The molecule has 0 amide bonds. The fourth-order valence-corrected chi connectivity index (χ4v) is 2.51. The van der Waals surface area contributed by atoms with E-state index in [2.05, 4.69) is 0 Å². The molecule has 0 unspecified atom stereocenters. The minimum absolute atomic E-state index is 0.0694. The lowest BCUT2D eigenvalue weighted by Gasteiger charge is -2.27. The summed E-state index contributed by atoms with van der Waals surface area (Å²) < 4.78 is 48.7. The molecule has 2 rings (SSSR count). The van der Waals surface area contributed by atoms with Crippen molar-refractivity contribution >= 4 is 5.97 Å². The summed E-state index contributed by atoms with van der Waals surface area (Å²) in [5.41, 5.74) is 0.540. The van der Waals surface area contributed by atoms with Gasteiger partial charge >= 0.3 is 12.1 Å². The van der Waals surface area contributed by atoms with Crippen LogP contribution in [-0.4, -0.2) is 31.0 Å². The number of ether oxygens (including phenoxy) is 2. The molecule has 0 aromatic carbocycles. The van der Waals surface area contributed by atoms with Crippen LogP contribution >= 0.6 is 0 Å². The van der Waals surface area contributed by atoms with Crippen LogP contribution in [0.5, 0.6) is 0 Å². The highest BCUT2D eigenvalue weighted by Crippen LogP contribution is 2.50. The third kappa shape index (κ3) is 1.94. The Morgan fingerprint density at radius 2 is 2.18 bits per heavy atom. The number of fused-ring (bicyclic) bond motifs is 2. The molecule has 6 heteroatoms. The SMILES string of the molecule is CCOC(=O)[C@@H]1[C@@H](C(F)(F)F)[C@H]2O[C@@H]1C=C2C. The van der Waals surface area contributed by atoms with Crippen LogP contribution in [0.3, 0.4) is 0 Å². The van der Waals surface area contributed by atoms with Crippen LogP contribution in [0.1, 0.15) is 13.8 Å². The van der Waals surface area contributed by atoms with Crippen molar-refractivity contribution in [2.45, 2.75) is 32.2 Å². The van der Waals surface area contributed by atoms with E-state index in [1.807, 2.05) is 0 Å². The third-order valence-electron chi connectivity index (χ3n) is 3.18. The zero-order valence-corrected chi connectivity index (χ0v) is 9.45. The van der Waals surface area contributed by atoms with Gasteiger partial charge in [-0.15, -0.1) is 0 Å². The number of carbonyl (C=O) groups is 1. The normalized spacial score (nSPS) is 35.9. The fraction of sp³-hybridized carbons (Fsp3) is 0.727. The fourth-order valence-electron chi connectivity index (χ4n) is 2.51. The lowest BCUT2D eigenvalue weighted by Crippen LogP contribution is -2.42. The largest absolute Gasteiger partial charge is 0.466 e. The molecule has 0 aromatic heterocycles. The minimum atomic E-state index is -4.45. The number of halogens is 3. The monoisotopic (exact) mass is 250 g/mol. The van der Waals surface area contributed by atoms with Crippen LogP contribution < -0.4 is 0 Å². The Labute approximate surface area is 96.6 Å². The van der Waals surface area contributed by atoms with Gasteiger partial charge in [0.1, 0.15) is 11.8 Å². The molecule has 0 radical (unpaired) electrons. The van der Waals surface area contributed by atoms with E-state index in [9.17, 15) is 18.0 Å². The van der Waals surface area contributed by atoms with E-state index >= 15 is 0 Å². The van der Waals surface area contributed by atoms with E-state index in [1.165, 1.54) is 0 Å². The second-order valence-electron chi connectivity index (χ2n) is 4.28. The van der Waals surface area contributed by atoms with Gasteiger partial charge in [0.2, 0.25) is 0 Å². The van der Waals surface area contributed by atoms with Crippen LogP contribution in [0.2, 0.25) is 0 Å². The molecule has 2 bridgehead atoms. The van der Waals surface area contributed by atoms with E-state index < -0.39 is 36.2 Å². The first-order valence-corrected chi connectivity index (χ1v) is 5.43.